The first-order chi connectivity index (χ1) is 5.75. The van der Waals surface area contributed by atoms with E-state index in [0.29, 0.717) is 6.04 Å². The standard InChI is InChI=1S/C10H20N2/c1-8-4-5-12(7-8)10-3-2-9(11)6-10/h8-10H,2-7,11H2,1H3. The summed E-state index contributed by atoms with van der Waals surface area (Å²) in [6.07, 6.45) is 5.22. The fraction of sp³-hybridized carbons (Fsp3) is 1.00. The van der Waals surface area contributed by atoms with Gasteiger partial charge in [-0.2, -0.15) is 0 Å². The molecule has 0 aromatic heterocycles. The fourth-order valence-corrected chi connectivity index (χ4v) is 2.62. The van der Waals surface area contributed by atoms with E-state index in [-0.39, 0.29) is 0 Å². The average Bonchev–Trinajstić information content (AvgIpc) is 2.58. The summed E-state index contributed by atoms with van der Waals surface area (Å²) in [5, 5.41) is 0. The molecule has 2 N–H and O–H groups in total. The highest BCUT2D eigenvalue weighted by Gasteiger charge is 2.30. The van der Waals surface area contributed by atoms with E-state index in [0.717, 1.165) is 12.0 Å². The smallest absolute Gasteiger partial charge is 0.0111 e. The molecular weight excluding hydrogens is 148 g/mol. The van der Waals surface area contributed by atoms with Crippen molar-refractivity contribution in [3.63, 3.8) is 0 Å². The lowest BCUT2D eigenvalue weighted by Crippen LogP contribution is -2.32. The van der Waals surface area contributed by atoms with Crippen molar-refractivity contribution in [2.45, 2.75) is 44.7 Å². The minimum Gasteiger partial charge on any atom is -0.328 e. The van der Waals surface area contributed by atoms with Crippen LogP contribution in [0.5, 0.6) is 0 Å². The van der Waals surface area contributed by atoms with Gasteiger partial charge in [0.1, 0.15) is 0 Å². The van der Waals surface area contributed by atoms with Crippen LogP contribution in [0.25, 0.3) is 0 Å². The minimum absolute atomic E-state index is 0.492. The number of hydrogen-bond donors (Lipinski definition) is 1. The molecule has 0 aromatic carbocycles. The van der Waals surface area contributed by atoms with Crippen molar-refractivity contribution in [3.05, 3.63) is 0 Å². The number of hydrogen-bond acceptors (Lipinski definition) is 2. The fourth-order valence-electron chi connectivity index (χ4n) is 2.62. The molecule has 0 bridgehead atoms. The van der Waals surface area contributed by atoms with Crippen molar-refractivity contribution in [2.75, 3.05) is 13.1 Å². The molecule has 3 atom stereocenters. The van der Waals surface area contributed by atoms with Gasteiger partial charge in [-0.15, -0.1) is 0 Å². The van der Waals surface area contributed by atoms with Crippen LogP contribution in [-0.2, 0) is 0 Å². The Balaban J connectivity index is 1.85. The van der Waals surface area contributed by atoms with Gasteiger partial charge in [-0.1, -0.05) is 6.92 Å². The monoisotopic (exact) mass is 168 g/mol. The molecule has 1 saturated heterocycles. The highest BCUT2D eigenvalue weighted by atomic mass is 15.2. The predicted molar refractivity (Wildman–Crippen MR) is 51.0 cm³/mol. The summed E-state index contributed by atoms with van der Waals surface area (Å²) in [5.74, 6) is 0.918. The molecule has 1 saturated carbocycles. The maximum atomic E-state index is 5.90. The van der Waals surface area contributed by atoms with E-state index in [4.69, 9.17) is 5.73 Å². The molecule has 2 heteroatoms. The average molecular weight is 168 g/mol. The normalized spacial score (nSPS) is 44.0. The number of nitrogens with zero attached hydrogens (tertiary/aromatic N) is 1. The van der Waals surface area contributed by atoms with Crippen molar-refractivity contribution in [3.8, 4) is 0 Å². The van der Waals surface area contributed by atoms with E-state index in [9.17, 15) is 0 Å². The molecule has 0 amide bonds. The minimum atomic E-state index is 0.492. The van der Waals surface area contributed by atoms with Gasteiger partial charge >= 0.3 is 0 Å². The molecule has 3 unspecified atom stereocenters. The lowest BCUT2D eigenvalue weighted by molar-refractivity contribution is 0.237. The van der Waals surface area contributed by atoms with E-state index in [1.54, 1.807) is 0 Å². The maximum Gasteiger partial charge on any atom is 0.0111 e. The van der Waals surface area contributed by atoms with E-state index in [2.05, 4.69) is 11.8 Å². The van der Waals surface area contributed by atoms with Gasteiger partial charge < -0.3 is 10.6 Å². The summed E-state index contributed by atoms with van der Waals surface area (Å²) in [4.78, 5) is 2.65. The Kier molecular flexibility index (Phi) is 2.37. The van der Waals surface area contributed by atoms with E-state index in [1.165, 1.54) is 38.8 Å². The number of nitrogens with two attached hydrogens (primary N) is 1. The van der Waals surface area contributed by atoms with Gasteiger partial charge in [-0.3, -0.25) is 0 Å². The van der Waals surface area contributed by atoms with Crippen molar-refractivity contribution < 1.29 is 0 Å². The Labute approximate surface area is 75.1 Å². The SMILES string of the molecule is CC1CCN(C2CCC(N)C2)C1. The predicted octanol–water partition coefficient (Wildman–Crippen LogP) is 1.21. The van der Waals surface area contributed by atoms with Crippen LogP contribution < -0.4 is 5.73 Å². The van der Waals surface area contributed by atoms with Gasteiger partial charge in [-0.25, -0.2) is 0 Å². The summed E-state index contributed by atoms with van der Waals surface area (Å²) in [6.45, 7) is 4.99. The van der Waals surface area contributed by atoms with Crippen molar-refractivity contribution >= 4 is 0 Å². The van der Waals surface area contributed by atoms with Crippen molar-refractivity contribution in [1.29, 1.82) is 0 Å². The summed E-state index contributed by atoms with van der Waals surface area (Å²) in [5.41, 5.74) is 5.90. The summed E-state index contributed by atoms with van der Waals surface area (Å²) < 4.78 is 0. The molecule has 1 heterocycles. The highest BCUT2D eigenvalue weighted by molar-refractivity contribution is 4.87. The summed E-state index contributed by atoms with van der Waals surface area (Å²) >= 11 is 0. The van der Waals surface area contributed by atoms with Gasteiger partial charge in [0.05, 0.1) is 0 Å². The van der Waals surface area contributed by atoms with Gasteiger partial charge in [0.2, 0.25) is 0 Å². The number of likely N-dealkylation sites (tertiary alicyclic amines) is 1. The first-order valence-electron chi connectivity index (χ1n) is 5.25. The van der Waals surface area contributed by atoms with Gasteiger partial charge in [0, 0.05) is 18.6 Å². The summed E-state index contributed by atoms with van der Waals surface area (Å²) in [6, 6.07) is 1.32. The van der Waals surface area contributed by atoms with Gasteiger partial charge in [0.15, 0.2) is 0 Å². The van der Waals surface area contributed by atoms with E-state index < -0.39 is 0 Å². The molecule has 2 fully saturated rings. The summed E-state index contributed by atoms with van der Waals surface area (Å²) in [7, 11) is 0. The number of rotatable bonds is 1. The molecule has 1 aliphatic carbocycles. The third-order valence-electron chi connectivity index (χ3n) is 3.42. The maximum absolute atomic E-state index is 5.90. The van der Waals surface area contributed by atoms with Crippen LogP contribution in [0.15, 0.2) is 0 Å². The molecule has 0 radical (unpaired) electrons. The van der Waals surface area contributed by atoms with Crippen molar-refractivity contribution in [2.24, 2.45) is 11.7 Å². The van der Waals surface area contributed by atoms with Crippen LogP contribution in [0.2, 0.25) is 0 Å². The Morgan fingerprint density at radius 2 is 2.08 bits per heavy atom. The van der Waals surface area contributed by atoms with Crippen LogP contribution in [0.1, 0.15) is 32.6 Å². The second kappa shape index (κ2) is 3.35. The molecule has 0 aromatic rings. The van der Waals surface area contributed by atoms with Crippen LogP contribution in [0.4, 0.5) is 0 Å². The van der Waals surface area contributed by atoms with Gasteiger partial charge in [-0.05, 0) is 38.1 Å². The Morgan fingerprint density at radius 3 is 2.58 bits per heavy atom. The van der Waals surface area contributed by atoms with E-state index >= 15 is 0 Å². The quantitative estimate of drug-likeness (QED) is 0.637. The molecule has 2 nitrogen and oxygen atoms in total. The zero-order chi connectivity index (χ0) is 8.55. The third kappa shape index (κ3) is 1.64. The second-order valence-corrected chi connectivity index (χ2v) is 4.62. The zero-order valence-corrected chi connectivity index (χ0v) is 8.00. The molecule has 70 valence electrons. The highest BCUT2D eigenvalue weighted by Crippen LogP contribution is 2.27. The Hall–Kier alpha value is -0.0800. The molecule has 12 heavy (non-hydrogen) atoms. The van der Waals surface area contributed by atoms with Crippen molar-refractivity contribution in [1.82, 2.24) is 4.90 Å². The Bertz CT molecular complexity index is 140. The van der Waals surface area contributed by atoms with Crippen LogP contribution >= 0.6 is 0 Å². The van der Waals surface area contributed by atoms with Crippen LogP contribution in [0.3, 0.4) is 0 Å². The molecule has 2 aliphatic rings. The van der Waals surface area contributed by atoms with Crippen LogP contribution in [0, 0.1) is 5.92 Å². The lowest BCUT2D eigenvalue weighted by atomic mass is 10.2. The first kappa shape index (κ1) is 8.52. The second-order valence-electron chi connectivity index (χ2n) is 4.62. The van der Waals surface area contributed by atoms with Gasteiger partial charge in [0.25, 0.3) is 0 Å². The molecular formula is C10H20N2. The Morgan fingerprint density at radius 1 is 1.25 bits per heavy atom. The first-order valence-corrected chi connectivity index (χ1v) is 5.25. The molecule has 1 aliphatic heterocycles. The van der Waals surface area contributed by atoms with E-state index in [1.807, 2.05) is 0 Å². The lowest BCUT2D eigenvalue weighted by Gasteiger charge is -2.23. The third-order valence-corrected chi connectivity index (χ3v) is 3.42. The largest absolute Gasteiger partial charge is 0.328 e. The molecule has 0 spiro atoms. The molecule has 2 rings (SSSR count). The topological polar surface area (TPSA) is 29.3 Å². The van der Waals surface area contributed by atoms with Crippen LogP contribution in [-0.4, -0.2) is 30.1 Å². The zero-order valence-electron chi connectivity index (χ0n) is 8.00.